The van der Waals surface area contributed by atoms with E-state index in [0.717, 1.165) is 112 Å². The van der Waals surface area contributed by atoms with Crippen LogP contribution in [0.1, 0.15) is 43.2 Å². The highest BCUT2D eigenvalue weighted by Crippen LogP contribution is 2.50. The molecule has 2 aliphatic rings. The van der Waals surface area contributed by atoms with Crippen LogP contribution in [0, 0.1) is 34.9 Å². The molecule has 7 heteroatoms. The first kappa shape index (κ1) is 38.0. The molecule has 0 amide bonds. The fraction of sp³-hybridized carbons (Fsp3) is 0.170. The van der Waals surface area contributed by atoms with Gasteiger partial charge in [0.25, 0.3) is 0 Å². The maximum atomic E-state index is 14.3. The molecule has 0 unspecified atom stereocenters. The largest absolute Gasteiger partial charge is 0.316 e. The smallest absolute Gasteiger partial charge is 0.194 e. The van der Waals surface area contributed by atoms with Crippen molar-refractivity contribution in [3.63, 3.8) is 0 Å². The van der Waals surface area contributed by atoms with Crippen LogP contribution in [0.4, 0.5) is 26.3 Å². The third-order valence-corrected chi connectivity index (χ3v) is 12.8. The average molecular weight is 805 g/mol. The van der Waals surface area contributed by atoms with Gasteiger partial charge in [-0.05, 0) is 128 Å². The number of nitrogens with zero attached hydrogens (tertiary/aromatic N) is 1. The minimum Gasteiger partial charge on any atom is -0.316 e. The van der Waals surface area contributed by atoms with Gasteiger partial charge in [-0.25, -0.2) is 26.3 Å². The van der Waals surface area contributed by atoms with E-state index in [1.54, 1.807) is 0 Å². The van der Waals surface area contributed by atoms with E-state index >= 15 is 0 Å². The van der Waals surface area contributed by atoms with Gasteiger partial charge in [-0.1, -0.05) is 103 Å². The Kier molecular flexibility index (Phi) is 9.60. The Hall–Kier alpha value is -6.18. The fourth-order valence-corrected chi connectivity index (χ4v) is 9.90. The van der Waals surface area contributed by atoms with Gasteiger partial charge in [-0.2, -0.15) is 0 Å². The van der Waals surface area contributed by atoms with E-state index in [2.05, 4.69) is 60.7 Å². The lowest BCUT2D eigenvalue weighted by Gasteiger charge is -2.40. The minimum atomic E-state index is -1.48. The Bertz CT molecular complexity index is 2720. The van der Waals surface area contributed by atoms with Gasteiger partial charge in [0.2, 0.25) is 0 Å². The molecule has 2 aliphatic heterocycles. The second kappa shape index (κ2) is 15.1. The molecule has 0 N–H and O–H groups in total. The summed E-state index contributed by atoms with van der Waals surface area (Å²) in [4.78, 5) is 0. The molecule has 1 fully saturated rings. The molecule has 0 aromatic heterocycles. The van der Waals surface area contributed by atoms with Crippen molar-refractivity contribution in [1.82, 2.24) is 0 Å². The highest BCUT2D eigenvalue weighted by atomic mass is 19.2. The van der Waals surface area contributed by atoms with E-state index in [9.17, 15) is 26.3 Å². The van der Waals surface area contributed by atoms with E-state index in [0.29, 0.717) is 11.1 Å². The highest BCUT2D eigenvalue weighted by Gasteiger charge is 2.38. The zero-order chi connectivity index (χ0) is 41.1. The Morgan fingerprint density at radius 2 is 0.700 bits per heavy atom. The van der Waals surface area contributed by atoms with Crippen molar-refractivity contribution in [3.05, 3.63) is 179 Å². The van der Waals surface area contributed by atoms with Crippen LogP contribution in [-0.2, 0) is 13.1 Å². The van der Waals surface area contributed by atoms with Crippen molar-refractivity contribution in [3.8, 4) is 55.6 Å². The number of fused-ring (bicyclic) bond motifs is 7. The SMILES string of the molecule is Fc1cc(-c2ccc(-c3cc4ccccc4c4c3C[N+]3(CCCCCCC3)Cc3c(-c5ccc(-c6cc(F)c(F)c(F)c6)cc5)cc5ccccc5c3-4)cc2)cc(F)c1F. The molecule has 1 saturated heterocycles. The first-order chi connectivity index (χ1) is 29.2. The zero-order valence-electron chi connectivity index (χ0n) is 32.8. The molecule has 60 heavy (non-hydrogen) atoms. The number of hydrogen-bond donors (Lipinski definition) is 0. The summed E-state index contributed by atoms with van der Waals surface area (Å²) in [6, 6.07) is 41.1. The predicted molar refractivity (Wildman–Crippen MR) is 229 cm³/mol. The van der Waals surface area contributed by atoms with Crippen LogP contribution >= 0.6 is 0 Å². The molecular weight excluding hydrogens is 765 g/mol. The third kappa shape index (κ3) is 6.65. The van der Waals surface area contributed by atoms with Gasteiger partial charge in [0.05, 0.1) is 13.1 Å². The van der Waals surface area contributed by atoms with E-state index in [-0.39, 0.29) is 11.1 Å². The lowest BCUT2D eigenvalue weighted by molar-refractivity contribution is -0.954. The molecule has 2 heterocycles. The number of benzene rings is 8. The van der Waals surface area contributed by atoms with Gasteiger partial charge in [0, 0.05) is 22.3 Å². The Labute approximate surface area is 344 Å². The van der Waals surface area contributed by atoms with Crippen LogP contribution < -0.4 is 0 Å². The molecular formula is C53H40F6N+. The monoisotopic (exact) mass is 804 g/mol. The van der Waals surface area contributed by atoms with Crippen LogP contribution in [0.3, 0.4) is 0 Å². The lowest BCUT2D eigenvalue weighted by Crippen LogP contribution is -2.48. The molecule has 0 bridgehead atoms. The second-order valence-corrected chi connectivity index (χ2v) is 16.5. The van der Waals surface area contributed by atoms with Crippen molar-refractivity contribution in [1.29, 1.82) is 0 Å². The number of rotatable bonds is 4. The highest BCUT2D eigenvalue weighted by molar-refractivity contribution is 6.12. The molecule has 8 aromatic rings. The molecule has 0 atom stereocenters. The summed E-state index contributed by atoms with van der Waals surface area (Å²) in [5, 5.41) is 4.47. The third-order valence-electron chi connectivity index (χ3n) is 12.8. The van der Waals surface area contributed by atoms with Crippen molar-refractivity contribution >= 4 is 21.5 Å². The molecule has 0 aliphatic carbocycles. The maximum absolute atomic E-state index is 14.3. The van der Waals surface area contributed by atoms with Crippen LogP contribution in [0.25, 0.3) is 77.2 Å². The van der Waals surface area contributed by atoms with Crippen LogP contribution in [0.5, 0.6) is 0 Å². The summed E-state index contributed by atoms with van der Waals surface area (Å²) >= 11 is 0. The summed E-state index contributed by atoms with van der Waals surface area (Å²) in [6.07, 6.45) is 5.78. The standard InChI is InChI=1S/C53H40F6N/c54-46-26-38(27-47(55)52(46)58)32-14-18-34(19-15-32)42-24-36-10-4-6-12-40(36)50-44(42)30-60(22-8-2-1-3-9-23-60)31-45-43(25-37-11-5-7-13-41(37)51(45)50)35-20-16-33(17-21-35)39-28-48(56)53(59)49(57)29-39/h4-7,10-21,24-29H,1-3,8-9,22-23,30-31H2/q+1. The molecule has 0 saturated carbocycles. The molecule has 1 nitrogen and oxygen atoms in total. The van der Waals surface area contributed by atoms with Gasteiger partial charge < -0.3 is 4.48 Å². The molecule has 298 valence electrons. The van der Waals surface area contributed by atoms with Crippen LogP contribution in [-0.4, -0.2) is 17.6 Å². The first-order valence-electron chi connectivity index (χ1n) is 20.6. The maximum Gasteiger partial charge on any atom is 0.194 e. The fourth-order valence-electron chi connectivity index (χ4n) is 9.90. The molecule has 1 spiro atoms. The van der Waals surface area contributed by atoms with Gasteiger partial charge in [-0.15, -0.1) is 0 Å². The first-order valence-corrected chi connectivity index (χ1v) is 20.6. The van der Waals surface area contributed by atoms with Crippen LogP contribution in [0.2, 0.25) is 0 Å². The van der Waals surface area contributed by atoms with Gasteiger partial charge in [-0.3, -0.25) is 0 Å². The van der Waals surface area contributed by atoms with Crippen molar-refractivity contribution in [2.45, 2.75) is 45.2 Å². The minimum absolute atomic E-state index is 0.262. The second-order valence-electron chi connectivity index (χ2n) is 16.5. The molecule has 0 radical (unpaired) electrons. The predicted octanol–water partition coefficient (Wildman–Crippen LogP) is 15.0. The van der Waals surface area contributed by atoms with E-state index < -0.39 is 34.9 Å². The van der Waals surface area contributed by atoms with Gasteiger partial charge >= 0.3 is 0 Å². The van der Waals surface area contributed by atoms with Gasteiger partial charge in [0.15, 0.2) is 34.9 Å². The topological polar surface area (TPSA) is 0 Å². The van der Waals surface area contributed by atoms with Crippen molar-refractivity contribution in [2.75, 3.05) is 13.1 Å². The number of halogens is 6. The summed E-state index contributed by atoms with van der Waals surface area (Å²) in [6.45, 7) is 3.63. The Morgan fingerprint density at radius 3 is 1.10 bits per heavy atom. The Balaban J connectivity index is 1.23. The summed E-state index contributed by atoms with van der Waals surface area (Å²) in [5.41, 5.74) is 10.7. The van der Waals surface area contributed by atoms with Crippen molar-refractivity contribution < 1.29 is 30.8 Å². The quantitative estimate of drug-likeness (QED) is 0.0944. The average Bonchev–Trinajstić information content (AvgIpc) is 3.41. The number of hydrogen-bond acceptors (Lipinski definition) is 0. The van der Waals surface area contributed by atoms with E-state index in [1.165, 1.54) is 41.5 Å². The normalized spacial score (nSPS) is 15.0. The van der Waals surface area contributed by atoms with Crippen LogP contribution in [0.15, 0.2) is 133 Å². The van der Waals surface area contributed by atoms with Crippen molar-refractivity contribution in [2.24, 2.45) is 0 Å². The lowest BCUT2D eigenvalue weighted by atomic mass is 9.82. The van der Waals surface area contributed by atoms with Gasteiger partial charge in [0.1, 0.15) is 13.1 Å². The molecule has 8 aromatic carbocycles. The van der Waals surface area contributed by atoms with E-state index in [4.69, 9.17) is 0 Å². The molecule has 10 rings (SSSR count). The van der Waals surface area contributed by atoms with E-state index in [1.807, 2.05) is 48.5 Å². The summed E-state index contributed by atoms with van der Waals surface area (Å²) < 4.78 is 85.9. The summed E-state index contributed by atoms with van der Waals surface area (Å²) in [5.74, 6) is -7.87. The number of quaternary nitrogens is 1. The summed E-state index contributed by atoms with van der Waals surface area (Å²) in [7, 11) is 0. The Morgan fingerprint density at radius 1 is 0.350 bits per heavy atom. The zero-order valence-corrected chi connectivity index (χ0v) is 32.8.